The fourth-order valence-electron chi connectivity index (χ4n) is 3.16. The molecule has 3 aromatic rings. The minimum absolute atomic E-state index is 0.156. The van der Waals surface area contributed by atoms with Gasteiger partial charge in [0.25, 0.3) is 5.91 Å². The molecule has 0 atom stereocenters. The first-order chi connectivity index (χ1) is 17.0. The predicted molar refractivity (Wildman–Crippen MR) is 133 cm³/mol. The monoisotopic (exact) mass is 490 g/mol. The molecule has 0 spiro atoms. The van der Waals surface area contributed by atoms with Crippen LogP contribution in [0, 0.1) is 11.3 Å². The Hall–Kier alpha value is -4.28. The van der Waals surface area contributed by atoms with Crippen LogP contribution in [0.4, 0.5) is 5.69 Å². The van der Waals surface area contributed by atoms with Crippen molar-refractivity contribution in [3.63, 3.8) is 0 Å². The number of hydrogen-bond acceptors (Lipinski definition) is 6. The van der Waals surface area contributed by atoms with Crippen molar-refractivity contribution in [3.05, 3.63) is 94.0 Å². The van der Waals surface area contributed by atoms with Gasteiger partial charge in [0.15, 0.2) is 11.5 Å². The summed E-state index contributed by atoms with van der Waals surface area (Å²) in [4.78, 5) is 24.7. The van der Waals surface area contributed by atoms with Crippen molar-refractivity contribution in [1.29, 1.82) is 5.26 Å². The van der Waals surface area contributed by atoms with Crippen LogP contribution in [0.1, 0.15) is 28.4 Å². The summed E-state index contributed by atoms with van der Waals surface area (Å²) >= 11 is 6.20. The number of esters is 1. The van der Waals surface area contributed by atoms with Gasteiger partial charge in [0.05, 0.1) is 25.0 Å². The molecule has 0 aliphatic heterocycles. The number of amides is 1. The van der Waals surface area contributed by atoms with E-state index in [0.717, 1.165) is 5.56 Å². The SMILES string of the molecule is CCOc1cc(/C=C(\C#N)C(=O)Nc2ccccc2C(=O)OC)ccc1OCc1ccccc1Cl. The highest BCUT2D eigenvalue weighted by molar-refractivity contribution is 6.31. The molecule has 0 aromatic heterocycles. The maximum Gasteiger partial charge on any atom is 0.339 e. The van der Waals surface area contributed by atoms with E-state index in [-0.39, 0.29) is 23.4 Å². The zero-order chi connectivity index (χ0) is 25.2. The fourth-order valence-corrected chi connectivity index (χ4v) is 3.35. The van der Waals surface area contributed by atoms with E-state index in [1.807, 2.05) is 31.2 Å². The number of benzene rings is 3. The van der Waals surface area contributed by atoms with E-state index < -0.39 is 11.9 Å². The molecule has 0 heterocycles. The summed E-state index contributed by atoms with van der Waals surface area (Å²) in [5.41, 5.74) is 1.66. The third kappa shape index (κ3) is 6.62. The number of ether oxygens (including phenoxy) is 3. The van der Waals surface area contributed by atoms with E-state index in [2.05, 4.69) is 5.32 Å². The molecule has 1 amide bonds. The Labute approximate surface area is 208 Å². The molecule has 3 aromatic carbocycles. The molecular weight excluding hydrogens is 468 g/mol. The van der Waals surface area contributed by atoms with Crippen LogP contribution < -0.4 is 14.8 Å². The second-order valence-corrected chi connectivity index (χ2v) is 7.59. The molecule has 0 aliphatic carbocycles. The van der Waals surface area contributed by atoms with Gasteiger partial charge >= 0.3 is 5.97 Å². The van der Waals surface area contributed by atoms with Crippen molar-refractivity contribution in [2.24, 2.45) is 0 Å². The van der Waals surface area contributed by atoms with E-state index >= 15 is 0 Å². The minimum atomic E-state index is -0.666. The average Bonchev–Trinajstić information content (AvgIpc) is 2.87. The summed E-state index contributed by atoms with van der Waals surface area (Å²) in [7, 11) is 1.25. The number of nitriles is 1. The summed E-state index contributed by atoms with van der Waals surface area (Å²) in [6, 6.07) is 20.7. The van der Waals surface area contributed by atoms with Crippen molar-refractivity contribution >= 4 is 35.2 Å². The molecule has 0 aliphatic rings. The zero-order valence-electron chi connectivity index (χ0n) is 19.2. The molecule has 0 fully saturated rings. The lowest BCUT2D eigenvalue weighted by atomic mass is 10.1. The van der Waals surface area contributed by atoms with Gasteiger partial charge in [-0.15, -0.1) is 0 Å². The predicted octanol–water partition coefficient (Wildman–Crippen LogP) is 5.65. The van der Waals surface area contributed by atoms with Crippen LogP contribution in [0.3, 0.4) is 0 Å². The summed E-state index contributed by atoms with van der Waals surface area (Å²) in [5, 5.41) is 12.8. The quantitative estimate of drug-likeness (QED) is 0.236. The van der Waals surface area contributed by atoms with Gasteiger partial charge in [0.2, 0.25) is 0 Å². The largest absolute Gasteiger partial charge is 0.490 e. The normalized spacial score (nSPS) is 10.7. The molecule has 3 rings (SSSR count). The van der Waals surface area contributed by atoms with Gasteiger partial charge in [0, 0.05) is 10.6 Å². The summed E-state index contributed by atoms with van der Waals surface area (Å²) in [6.45, 7) is 2.49. The van der Waals surface area contributed by atoms with Gasteiger partial charge in [0.1, 0.15) is 18.2 Å². The van der Waals surface area contributed by atoms with E-state index in [0.29, 0.717) is 28.7 Å². The Bertz CT molecular complexity index is 1300. The highest BCUT2D eigenvalue weighted by Crippen LogP contribution is 2.31. The number of rotatable bonds is 9. The maximum absolute atomic E-state index is 12.8. The summed E-state index contributed by atoms with van der Waals surface area (Å²) < 4.78 is 16.3. The van der Waals surface area contributed by atoms with Crippen molar-refractivity contribution in [1.82, 2.24) is 0 Å². The topological polar surface area (TPSA) is 97.7 Å². The second kappa shape index (κ2) is 12.3. The molecule has 35 heavy (non-hydrogen) atoms. The number of methoxy groups -OCH3 is 1. The lowest BCUT2D eigenvalue weighted by Gasteiger charge is -2.13. The Morgan fingerprint density at radius 1 is 1.03 bits per heavy atom. The first kappa shape index (κ1) is 25.3. The molecule has 0 saturated heterocycles. The second-order valence-electron chi connectivity index (χ2n) is 7.18. The van der Waals surface area contributed by atoms with E-state index in [1.54, 1.807) is 42.5 Å². The molecule has 0 unspecified atom stereocenters. The molecule has 0 radical (unpaired) electrons. The van der Waals surface area contributed by atoms with E-state index in [4.69, 9.17) is 25.8 Å². The van der Waals surface area contributed by atoms with Crippen LogP contribution in [0.2, 0.25) is 5.02 Å². The number of carbonyl (C=O) groups excluding carboxylic acids is 2. The van der Waals surface area contributed by atoms with Gasteiger partial charge in [-0.3, -0.25) is 4.79 Å². The smallest absolute Gasteiger partial charge is 0.339 e. The number of nitrogens with zero attached hydrogens (tertiary/aromatic N) is 1. The lowest BCUT2D eigenvalue weighted by Crippen LogP contribution is -2.16. The maximum atomic E-state index is 12.8. The molecule has 178 valence electrons. The number of para-hydroxylation sites is 1. The number of carbonyl (C=O) groups is 2. The third-order valence-corrected chi connectivity index (χ3v) is 5.23. The van der Waals surface area contributed by atoms with Gasteiger partial charge in [-0.05, 0) is 48.9 Å². The van der Waals surface area contributed by atoms with Crippen LogP contribution in [-0.4, -0.2) is 25.6 Å². The first-order valence-electron chi connectivity index (χ1n) is 10.7. The van der Waals surface area contributed by atoms with Crippen molar-refractivity contribution in [2.45, 2.75) is 13.5 Å². The Morgan fingerprint density at radius 3 is 2.49 bits per heavy atom. The molecular formula is C27H23ClN2O5. The van der Waals surface area contributed by atoms with Crippen molar-refractivity contribution in [3.8, 4) is 17.6 Å². The molecule has 7 nitrogen and oxygen atoms in total. The van der Waals surface area contributed by atoms with Crippen molar-refractivity contribution in [2.75, 3.05) is 19.0 Å². The van der Waals surface area contributed by atoms with E-state index in [1.165, 1.54) is 19.3 Å². The average molecular weight is 491 g/mol. The highest BCUT2D eigenvalue weighted by atomic mass is 35.5. The summed E-state index contributed by atoms with van der Waals surface area (Å²) in [6.07, 6.45) is 1.43. The third-order valence-electron chi connectivity index (χ3n) is 4.87. The van der Waals surface area contributed by atoms with Gasteiger partial charge < -0.3 is 19.5 Å². The first-order valence-corrected chi connectivity index (χ1v) is 11.1. The standard InChI is InChI=1S/C27H23ClN2O5/c1-3-34-25-15-18(12-13-24(25)35-17-19-8-4-6-10-22(19)28)14-20(16-29)26(31)30-23-11-7-5-9-21(23)27(32)33-2/h4-15H,3,17H2,1-2H3,(H,30,31)/b20-14+. The van der Waals surface area contributed by atoms with Crippen LogP contribution >= 0.6 is 11.6 Å². The minimum Gasteiger partial charge on any atom is -0.490 e. The molecule has 8 heteroatoms. The van der Waals surface area contributed by atoms with Crippen LogP contribution in [0.25, 0.3) is 6.08 Å². The summed E-state index contributed by atoms with van der Waals surface area (Å²) in [5.74, 6) is -0.307. The van der Waals surface area contributed by atoms with Crippen molar-refractivity contribution < 1.29 is 23.8 Å². The molecule has 1 N–H and O–H groups in total. The highest BCUT2D eigenvalue weighted by Gasteiger charge is 2.16. The number of anilines is 1. The molecule has 0 bridgehead atoms. The zero-order valence-corrected chi connectivity index (χ0v) is 20.0. The van der Waals surface area contributed by atoms with Gasteiger partial charge in [-0.25, -0.2) is 4.79 Å². The Morgan fingerprint density at radius 2 is 1.77 bits per heavy atom. The lowest BCUT2D eigenvalue weighted by molar-refractivity contribution is -0.112. The molecule has 0 saturated carbocycles. The van der Waals surface area contributed by atoms with Gasteiger partial charge in [-0.2, -0.15) is 5.26 Å². The van der Waals surface area contributed by atoms with Crippen LogP contribution in [-0.2, 0) is 16.1 Å². The fraction of sp³-hybridized carbons (Fsp3) is 0.148. The number of nitrogens with one attached hydrogen (secondary N) is 1. The number of hydrogen-bond donors (Lipinski definition) is 1. The van der Waals surface area contributed by atoms with E-state index in [9.17, 15) is 14.9 Å². The van der Waals surface area contributed by atoms with Crippen LogP contribution in [0.15, 0.2) is 72.3 Å². The van der Waals surface area contributed by atoms with Gasteiger partial charge in [-0.1, -0.05) is 48.0 Å². The van der Waals surface area contributed by atoms with Crippen LogP contribution in [0.5, 0.6) is 11.5 Å². The number of halogens is 1. The Balaban J connectivity index is 1.82. The Kier molecular flexibility index (Phi) is 8.88.